The molecule has 1 aliphatic heterocycles. The molecule has 1 aliphatic rings. The summed E-state index contributed by atoms with van der Waals surface area (Å²) in [6.07, 6.45) is 5.28. The van der Waals surface area contributed by atoms with Crippen molar-refractivity contribution < 1.29 is 14.6 Å². The maximum Gasteiger partial charge on any atom is 0.255 e. The smallest absolute Gasteiger partial charge is 0.255 e. The molecule has 4 rings (SSSR count). The number of carbonyl (C=O) groups excluding carboxylic acids is 1. The van der Waals surface area contributed by atoms with Crippen LogP contribution < -0.4 is 15.1 Å². The number of aromatic nitrogens is 1. The first-order valence-electron chi connectivity index (χ1n) is 11.8. The SMILES string of the molecule is Cc1ccc(NC(=O)c2cccc(C(C)(C)C#N)c2)cc1N1CC(c2cnccc2OCCO)C=N1. The summed E-state index contributed by atoms with van der Waals surface area (Å²) in [5.74, 6) is 0.400. The van der Waals surface area contributed by atoms with Crippen molar-refractivity contribution in [3.63, 3.8) is 0 Å². The van der Waals surface area contributed by atoms with E-state index < -0.39 is 5.41 Å². The number of hydrazone groups is 1. The minimum Gasteiger partial charge on any atom is -0.491 e. The molecule has 36 heavy (non-hydrogen) atoms. The Morgan fingerprint density at radius 1 is 1.28 bits per heavy atom. The fraction of sp³-hybridized carbons (Fsp3) is 0.286. The van der Waals surface area contributed by atoms with E-state index in [1.165, 1.54) is 0 Å². The molecule has 1 aromatic heterocycles. The lowest BCUT2D eigenvalue weighted by Crippen LogP contribution is -2.19. The number of hydrogen-bond donors (Lipinski definition) is 2. The maximum atomic E-state index is 13.0. The standard InChI is InChI=1S/C28H29N5O3/c1-19-7-8-23(32-27(35)20-5-4-6-22(13-20)28(2,3)18-29)14-25(19)33-17-21(15-31-33)24-16-30-10-9-26(24)36-12-11-34/h4-10,13-16,21,34H,11-12,17H2,1-3H3,(H,32,35). The number of aryl methyl sites for hydroxylation is 1. The van der Waals surface area contributed by atoms with Crippen LogP contribution in [0.1, 0.15) is 46.8 Å². The number of aliphatic hydroxyl groups excluding tert-OH is 1. The van der Waals surface area contributed by atoms with E-state index in [-0.39, 0.29) is 25.0 Å². The second kappa shape index (κ2) is 10.6. The zero-order valence-corrected chi connectivity index (χ0v) is 20.6. The molecule has 1 atom stereocenters. The first kappa shape index (κ1) is 24.9. The highest BCUT2D eigenvalue weighted by molar-refractivity contribution is 6.04. The van der Waals surface area contributed by atoms with Crippen molar-refractivity contribution in [1.29, 1.82) is 5.26 Å². The molecule has 1 amide bonds. The van der Waals surface area contributed by atoms with E-state index in [1.807, 2.05) is 56.3 Å². The van der Waals surface area contributed by atoms with Crippen LogP contribution in [0.3, 0.4) is 0 Å². The minimum absolute atomic E-state index is 0.0312. The Morgan fingerprint density at radius 2 is 2.11 bits per heavy atom. The van der Waals surface area contributed by atoms with Gasteiger partial charge in [-0.1, -0.05) is 18.2 Å². The summed E-state index contributed by atoms with van der Waals surface area (Å²) in [4.78, 5) is 17.2. The van der Waals surface area contributed by atoms with Gasteiger partial charge in [0.05, 0.1) is 30.3 Å². The van der Waals surface area contributed by atoms with Crippen LogP contribution in [-0.4, -0.2) is 42.0 Å². The summed E-state index contributed by atoms with van der Waals surface area (Å²) in [7, 11) is 0. The van der Waals surface area contributed by atoms with Gasteiger partial charge in [0, 0.05) is 41.3 Å². The van der Waals surface area contributed by atoms with Crippen LogP contribution in [0.4, 0.5) is 11.4 Å². The van der Waals surface area contributed by atoms with Crippen LogP contribution in [0, 0.1) is 18.3 Å². The molecule has 3 aromatic rings. The van der Waals surface area contributed by atoms with Crippen molar-refractivity contribution in [3.8, 4) is 11.8 Å². The minimum atomic E-state index is -0.686. The van der Waals surface area contributed by atoms with Gasteiger partial charge in [0.1, 0.15) is 12.4 Å². The van der Waals surface area contributed by atoms with E-state index in [1.54, 1.807) is 36.7 Å². The van der Waals surface area contributed by atoms with Gasteiger partial charge in [-0.25, -0.2) is 0 Å². The number of benzene rings is 2. The van der Waals surface area contributed by atoms with E-state index in [9.17, 15) is 10.1 Å². The highest BCUT2D eigenvalue weighted by Crippen LogP contribution is 2.33. The number of nitrogens with one attached hydrogen (secondary N) is 1. The van der Waals surface area contributed by atoms with Crippen LogP contribution in [0.25, 0.3) is 0 Å². The summed E-state index contributed by atoms with van der Waals surface area (Å²) >= 11 is 0. The molecule has 0 radical (unpaired) electrons. The average Bonchev–Trinajstić information content (AvgIpc) is 3.38. The molecular formula is C28H29N5O3. The van der Waals surface area contributed by atoms with Gasteiger partial charge >= 0.3 is 0 Å². The second-order valence-corrected chi connectivity index (χ2v) is 9.21. The van der Waals surface area contributed by atoms with Gasteiger partial charge in [-0.2, -0.15) is 10.4 Å². The molecule has 184 valence electrons. The molecule has 2 heterocycles. The topological polar surface area (TPSA) is 111 Å². The van der Waals surface area contributed by atoms with Crippen molar-refractivity contribution >= 4 is 23.5 Å². The Morgan fingerprint density at radius 3 is 2.89 bits per heavy atom. The molecule has 8 heteroatoms. The van der Waals surface area contributed by atoms with Gasteiger partial charge in [-0.15, -0.1) is 0 Å². The second-order valence-electron chi connectivity index (χ2n) is 9.21. The normalized spacial score (nSPS) is 15.0. The Labute approximate surface area is 210 Å². The fourth-order valence-corrected chi connectivity index (χ4v) is 4.02. The Bertz CT molecular complexity index is 1330. The molecule has 1 unspecified atom stereocenters. The molecule has 2 N–H and O–H groups in total. The molecule has 8 nitrogen and oxygen atoms in total. The molecule has 0 spiro atoms. The van der Waals surface area contributed by atoms with Crippen molar-refractivity contribution in [2.45, 2.75) is 32.1 Å². The number of ether oxygens (including phenoxy) is 1. The highest BCUT2D eigenvalue weighted by Gasteiger charge is 2.25. The van der Waals surface area contributed by atoms with Crippen molar-refractivity contribution in [1.82, 2.24) is 4.98 Å². The zero-order chi connectivity index (χ0) is 25.7. The molecule has 0 saturated heterocycles. The van der Waals surface area contributed by atoms with E-state index in [2.05, 4.69) is 21.5 Å². The van der Waals surface area contributed by atoms with Gasteiger partial charge in [-0.3, -0.25) is 14.8 Å². The predicted octanol–water partition coefficient (Wildman–Crippen LogP) is 4.40. The number of nitriles is 1. The van der Waals surface area contributed by atoms with Gasteiger partial charge in [0.15, 0.2) is 0 Å². The maximum absolute atomic E-state index is 13.0. The van der Waals surface area contributed by atoms with Crippen LogP contribution in [-0.2, 0) is 5.41 Å². The van der Waals surface area contributed by atoms with Crippen LogP contribution >= 0.6 is 0 Å². The van der Waals surface area contributed by atoms with Gasteiger partial charge in [0.25, 0.3) is 5.91 Å². The third-order valence-electron chi connectivity index (χ3n) is 6.19. The van der Waals surface area contributed by atoms with E-state index >= 15 is 0 Å². The lowest BCUT2D eigenvalue weighted by molar-refractivity contribution is 0.102. The highest BCUT2D eigenvalue weighted by atomic mass is 16.5. The molecule has 0 bridgehead atoms. The quantitative estimate of drug-likeness (QED) is 0.491. The van der Waals surface area contributed by atoms with Crippen molar-refractivity contribution in [3.05, 3.63) is 83.2 Å². The third kappa shape index (κ3) is 5.37. The summed E-state index contributed by atoms with van der Waals surface area (Å²) in [5, 5.41) is 28.0. The fourth-order valence-electron chi connectivity index (χ4n) is 4.02. The number of hydrogen-bond acceptors (Lipinski definition) is 7. The molecule has 0 saturated carbocycles. The first-order valence-corrected chi connectivity index (χ1v) is 11.8. The lowest BCUT2D eigenvalue weighted by atomic mass is 9.85. The number of rotatable bonds is 8. The average molecular weight is 484 g/mol. The predicted molar refractivity (Wildman–Crippen MR) is 140 cm³/mol. The van der Waals surface area contributed by atoms with Crippen molar-refractivity contribution in [2.75, 3.05) is 30.1 Å². The zero-order valence-electron chi connectivity index (χ0n) is 20.6. The number of carbonyl (C=O) groups is 1. The van der Waals surface area contributed by atoms with E-state index in [0.717, 1.165) is 22.4 Å². The molecular weight excluding hydrogens is 454 g/mol. The molecule has 0 aliphatic carbocycles. The Kier molecular flexibility index (Phi) is 7.32. The Hall–Kier alpha value is -4.22. The summed E-state index contributed by atoms with van der Waals surface area (Å²) < 4.78 is 5.67. The number of nitrogens with zero attached hydrogens (tertiary/aromatic N) is 4. The van der Waals surface area contributed by atoms with E-state index in [4.69, 9.17) is 9.84 Å². The summed E-state index contributed by atoms with van der Waals surface area (Å²) in [6.45, 7) is 6.38. The molecule has 2 aromatic carbocycles. The summed E-state index contributed by atoms with van der Waals surface area (Å²) in [5.41, 5.74) is 4.05. The number of aliphatic hydroxyl groups is 1. The van der Waals surface area contributed by atoms with Gasteiger partial charge in [0.2, 0.25) is 0 Å². The van der Waals surface area contributed by atoms with Crippen LogP contribution in [0.15, 0.2) is 66.0 Å². The summed E-state index contributed by atoms with van der Waals surface area (Å²) in [6, 6.07) is 16.9. The van der Waals surface area contributed by atoms with Crippen LogP contribution in [0.2, 0.25) is 0 Å². The van der Waals surface area contributed by atoms with Crippen LogP contribution in [0.5, 0.6) is 5.75 Å². The number of amides is 1. The number of pyridine rings is 1. The number of anilines is 2. The van der Waals surface area contributed by atoms with Crippen molar-refractivity contribution in [2.24, 2.45) is 5.10 Å². The third-order valence-corrected chi connectivity index (χ3v) is 6.19. The molecule has 0 fully saturated rings. The Balaban J connectivity index is 1.51. The lowest BCUT2D eigenvalue weighted by Gasteiger charge is -2.20. The van der Waals surface area contributed by atoms with E-state index in [0.29, 0.717) is 23.5 Å². The first-order chi connectivity index (χ1) is 17.3. The van der Waals surface area contributed by atoms with Gasteiger partial charge in [-0.05, 0) is 62.2 Å². The van der Waals surface area contributed by atoms with Gasteiger partial charge < -0.3 is 15.2 Å². The monoisotopic (exact) mass is 483 g/mol. The largest absolute Gasteiger partial charge is 0.491 e.